The van der Waals surface area contributed by atoms with E-state index in [1.165, 1.54) is 12.1 Å². The van der Waals surface area contributed by atoms with Crippen molar-refractivity contribution in [1.29, 1.82) is 0 Å². The van der Waals surface area contributed by atoms with Gasteiger partial charge in [-0.15, -0.1) is 0 Å². The molecule has 0 spiro atoms. The first kappa shape index (κ1) is 17.5. The van der Waals surface area contributed by atoms with Crippen molar-refractivity contribution < 1.29 is 14.3 Å². The van der Waals surface area contributed by atoms with Gasteiger partial charge in [0.15, 0.2) is 0 Å². The van der Waals surface area contributed by atoms with Gasteiger partial charge in [0.05, 0.1) is 0 Å². The van der Waals surface area contributed by atoms with Gasteiger partial charge in [-0.3, -0.25) is 9.69 Å². The van der Waals surface area contributed by atoms with Crippen LogP contribution < -0.4 is 4.90 Å². The van der Waals surface area contributed by atoms with Crippen molar-refractivity contribution in [2.45, 2.75) is 13.0 Å². The molecule has 2 heterocycles. The topological polar surface area (TPSA) is 59.6 Å². The van der Waals surface area contributed by atoms with Gasteiger partial charge in [-0.25, -0.2) is 4.39 Å². The number of anilines is 1. The second-order valence-electron chi connectivity index (χ2n) is 6.95. The second kappa shape index (κ2) is 7.04. The molecule has 140 valence electrons. The zero-order valence-electron chi connectivity index (χ0n) is 15.2. The summed E-state index contributed by atoms with van der Waals surface area (Å²) in [5.74, 6) is -1.09. The van der Waals surface area contributed by atoms with Crippen molar-refractivity contribution in [2.24, 2.45) is 0 Å². The van der Waals surface area contributed by atoms with Crippen LogP contribution >= 0.6 is 0 Å². The average Bonchev–Trinajstić information content (AvgIpc) is 2.99. The number of nitrogens with one attached hydrogen (secondary N) is 1. The van der Waals surface area contributed by atoms with Crippen LogP contribution in [0, 0.1) is 12.7 Å². The third-order valence-corrected chi connectivity index (χ3v) is 5.32. The number of aryl methyl sites for hydroxylation is 1. The molecule has 0 unspecified atom stereocenters. The standard InChI is InChI=1S/C21H22FN3O2/c1-14-19(17-4-2-3-5-18(17)23-14)20(21(26)27)25-12-10-24(11-13-25)16-8-6-15(22)7-9-16/h2-9,20,23H,10-13H2,1H3,(H,26,27)/t20-/m0/s1. The first-order valence-electron chi connectivity index (χ1n) is 9.09. The quantitative estimate of drug-likeness (QED) is 0.740. The Hall–Kier alpha value is -2.86. The summed E-state index contributed by atoms with van der Waals surface area (Å²) in [6, 6.07) is 13.6. The Kier molecular flexibility index (Phi) is 4.58. The number of H-pyrrole nitrogens is 1. The van der Waals surface area contributed by atoms with Crippen LogP contribution in [0.15, 0.2) is 48.5 Å². The zero-order chi connectivity index (χ0) is 19.0. The van der Waals surface area contributed by atoms with Gasteiger partial charge in [0.25, 0.3) is 0 Å². The lowest BCUT2D eigenvalue weighted by Gasteiger charge is -2.39. The predicted octanol–water partition coefficient (Wildman–Crippen LogP) is 3.56. The molecule has 4 rings (SSSR count). The summed E-state index contributed by atoms with van der Waals surface area (Å²) in [7, 11) is 0. The van der Waals surface area contributed by atoms with Crippen molar-refractivity contribution in [3.63, 3.8) is 0 Å². The van der Waals surface area contributed by atoms with Crippen LogP contribution in [0.5, 0.6) is 0 Å². The number of aromatic nitrogens is 1. The lowest BCUT2D eigenvalue weighted by molar-refractivity contribution is -0.143. The van der Waals surface area contributed by atoms with E-state index in [1.807, 2.05) is 36.1 Å². The van der Waals surface area contributed by atoms with Crippen LogP contribution in [0.2, 0.25) is 0 Å². The summed E-state index contributed by atoms with van der Waals surface area (Å²) in [6.45, 7) is 4.61. The number of hydrogen-bond acceptors (Lipinski definition) is 3. The summed E-state index contributed by atoms with van der Waals surface area (Å²) in [6.07, 6.45) is 0. The molecule has 2 N–H and O–H groups in total. The van der Waals surface area contributed by atoms with Crippen LogP contribution in [-0.2, 0) is 4.79 Å². The molecule has 1 aromatic heterocycles. The number of nitrogens with zero attached hydrogens (tertiary/aromatic N) is 2. The number of carboxylic acids is 1. The molecule has 1 aliphatic heterocycles. The number of aliphatic carboxylic acids is 1. The third-order valence-electron chi connectivity index (χ3n) is 5.32. The van der Waals surface area contributed by atoms with Crippen molar-refractivity contribution >= 4 is 22.6 Å². The molecular formula is C21H22FN3O2. The van der Waals surface area contributed by atoms with Crippen molar-refractivity contribution in [3.8, 4) is 0 Å². The summed E-state index contributed by atoms with van der Waals surface area (Å²) in [5, 5.41) is 10.9. The highest BCUT2D eigenvalue weighted by Gasteiger charge is 2.33. The van der Waals surface area contributed by atoms with Crippen LogP contribution in [0.25, 0.3) is 10.9 Å². The highest BCUT2D eigenvalue weighted by molar-refractivity contribution is 5.90. The summed E-state index contributed by atoms with van der Waals surface area (Å²) in [4.78, 5) is 19.7. The van der Waals surface area contributed by atoms with E-state index in [4.69, 9.17) is 0 Å². The van der Waals surface area contributed by atoms with Gasteiger partial charge < -0.3 is 15.0 Å². The highest BCUT2D eigenvalue weighted by Crippen LogP contribution is 2.32. The monoisotopic (exact) mass is 367 g/mol. The molecule has 0 aliphatic carbocycles. The van der Waals surface area contributed by atoms with E-state index in [2.05, 4.69) is 9.88 Å². The minimum absolute atomic E-state index is 0.252. The maximum Gasteiger partial charge on any atom is 0.325 e. The van der Waals surface area contributed by atoms with E-state index in [1.54, 1.807) is 12.1 Å². The Morgan fingerprint density at radius 1 is 1.07 bits per heavy atom. The lowest BCUT2D eigenvalue weighted by Crippen LogP contribution is -2.49. The third kappa shape index (κ3) is 3.28. The maximum absolute atomic E-state index is 13.1. The van der Waals surface area contributed by atoms with Gasteiger partial charge >= 0.3 is 5.97 Å². The SMILES string of the molecule is Cc1[nH]c2ccccc2c1[C@@H](C(=O)O)N1CCN(c2ccc(F)cc2)CC1. The van der Waals surface area contributed by atoms with E-state index in [9.17, 15) is 14.3 Å². The molecule has 5 nitrogen and oxygen atoms in total. The molecule has 27 heavy (non-hydrogen) atoms. The van der Waals surface area contributed by atoms with Crippen LogP contribution in [-0.4, -0.2) is 47.1 Å². The van der Waals surface area contributed by atoms with E-state index in [-0.39, 0.29) is 5.82 Å². The Morgan fingerprint density at radius 2 is 1.74 bits per heavy atom. The number of benzene rings is 2. The lowest BCUT2D eigenvalue weighted by atomic mass is 10.0. The maximum atomic E-state index is 13.1. The number of aromatic amines is 1. The van der Waals surface area contributed by atoms with Gasteiger partial charge in [-0.05, 0) is 37.3 Å². The van der Waals surface area contributed by atoms with Gasteiger partial charge in [0.1, 0.15) is 11.9 Å². The molecule has 1 fully saturated rings. The minimum atomic E-state index is -0.835. The number of piperazine rings is 1. The van der Waals surface area contributed by atoms with E-state index in [0.29, 0.717) is 26.2 Å². The van der Waals surface area contributed by atoms with E-state index < -0.39 is 12.0 Å². The fraction of sp³-hybridized carbons (Fsp3) is 0.286. The largest absolute Gasteiger partial charge is 0.480 e. The van der Waals surface area contributed by atoms with Crippen LogP contribution in [0.3, 0.4) is 0 Å². The normalized spacial score (nSPS) is 16.6. The van der Waals surface area contributed by atoms with Crippen LogP contribution in [0.4, 0.5) is 10.1 Å². The van der Waals surface area contributed by atoms with Crippen LogP contribution in [0.1, 0.15) is 17.3 Å². The molecule has 1 aliphatic rings. The van der Waals surface area contributed by atoms with Crippen molar-refractivity contribution in [1.82, 2.24) is 9.88 Å². The fourth-order valence-corrected chi connectivity index (χ4v) is 4.00. The highest BCUT2D eigenvalue weighted by atomic mass is 19.1. The van der Waals surface area contributed by atoms with Gasteiger partial charge in [0.2, 0.25) is 0 Å². The first-order chi connectivity index (χ1) is 13.0. The predicted molar refractivity (Wildman–Crippen MR) is 104 cm³/mol. The molecule has 0 radical (unpaired) electrons. The molecule has 1 atom stereocenters. The summed E-state index contributed by atoms with van der Waals surface area (Å²) in [5.41, 5.74) is 3.66. The summed E-state index contributed by atoms with van der Waals surface area (Å²) >= 11 is 0. The molecule has 6 heteroatoms. The Morgan fingerprint density at radius 3 is 2.41 bits per heavy atom. The molecule has 0 amide bonds. The minimum Gasteiger partial charge on any atom is -0.480 e. The number of para-hydroxylation sites is 1. The molecule has 1 saturated heterocycles. The number of rotatable bonds is 4. The number of carbonyl (C=O) groups is 1. The Balaban J connectivity index is 1.58. The molecule has 2 aromatic carbocycles. The Bertz CT molecular complexity index is 959. The molecule has 0 saturated carbocycles. The smallest absolute Gasteiger partial charge is 0.325 e. The van der Waals surface area contributed by atoms with Gasteiger partial charge in [-0.1, -0.05) is 18.2 Å². The zero-order valence-corrected chi connectivity index (χ0v) is 15.2. The first-order valence-corrected chi connectivity index (χ1v) is 9.09. The van der Waals surface area contributed by atoms with Gasteiger partial charge in [-0.2, -0.15) is 0 Å². The van der Waals surface area contributed by atoms with Crippen molar-refractivity contribution in [2.75, 3.05) is 31.1 Å². The fourth-order valence-electron chi connectivity index (χ4n) is 4.00. The Labute approximate surface area is 157 Å². The molecule has 0 bridgehead atoms. The number of carboxylic acid groups (broad SMARTS) is 1. The average molecular weight is 367 g/mol. The second-order valence-corrected chi connectivity index (χ2v) is 6.95. The number of halogens is 1. The molecular weight excluding hydrogens is 345 g/mol. The molecule has 3 aromatic rings. The van der Waals surface area contributed by atoms with E-state index >= 15 is 0 Å². The summed E-state index contributed by atoms with van der Waals surface area (Å²) < 4.78 is 13.1. The van der Waals surface area contributed by atoms with Gasteiger partial charge in [0, 0.05) is 54.0 Å². The number of fused-ring (bicyclic) bond motifs is 1. The number of hydrogen-bond donors (Lipinski definition) is 2. The van der Waals surface area contributed by atoms with Crippen molar-refractivity contribution in [3.05, 3.63) is 65.6 Å². The van der Waals surface area contributed by atoms with E-state index in [0.717, 1.165) is 27.8 Å².